The number of hydrogen-bond acceptors (Lipinski definition) is 3. The molecule has 0 aromatic heterocycles. The molecule has 0 radical (unpaired) electrons. The van der Waals surface area contributed by atoms with E-state index in [1.165, 1.54) is 17.3 Å². The maximum atomic E-state index is 12.6. The minimum atomic E-state index is -0.210. The second kappa shape index (κ2) is 6.15. The molecular weight excluding hydrogens is 387 g/mol. The number of amides is 1. The molecule has 6 heteroatoms. The van der Waals surface area contributed by atoms with Crippen molar-refractivity contribution in [2.45, 2.75) is 18.9 Å². The number of aryl methyl sites for hydroxylation is 1. The molecule has 0 spiro atoms. The fourth-order valence-electron chi connectivity index (χ4n) is 3.94. The number of aliphatic imine (C=N–C) groups is 1. The largest absolute Gasteiger partial charge is 0.279 e. The van der Waals surface area contributed by atoms with Crippen molar-refractivity contribution in [2.24, 2.45) is 4.99 Å². The summed E-state index contributed by atoms with van der Waals surface area (Å²) >= 11 is 14.1. The van der Waals surface area contributed by atoms with Crippen LogP contribution >= 0.6 is 35.0 Å². The number of thioether (sulfide) groups is 1. The van der Waals surface area contributed by atoms with E-state index in [4.69, 9.17) is 28.2 Å². The van der Waals surface area contributed by atoms with Gasteiger partial charge in [-0.2, -0.15) is 0 Å². The Morgan fingerprint density at radius 1 is 1.12 bits per heavy atom. The minimum Gasteiger partial charge on any atom is -0.279 e. The molecule has 1 aliphatic carbocycles. The molecule has 26 heavy (non-hydrogen) atoms. The molecule has 1 atom stereocenters. The van der Waals surface area contributed by atoms with Gasteiger partial charge < -0.3 is 0 Å². The summed E-state index contributed by atoms with van der Waals surface area (Å²) < 4.78 is 0. The van der Waals surface area contributed by atoms with Crippen LogP contribution < -0.4 is 0 Å². The lowest BCUT2D eigenvalue weighted by atomic mass is 9.82. The SMILES string of the molecule is O=C1CSC2=NC3=C(CCc4ccccc43)C(c3ccc(Cl)cc3Cl)N12. The van der Waals surface area contributed by atoms with Gasteiger partial charge in [-0.1, -0.05) is 65.3 Å². The van der Waals surface area contributed by atoms with Crippen molar-refractivity contribution in [3.8, 4) is 0 Å². The Balaban J connectivity index is 1.75. The van der Waals surface area contributed by atoms with Gasteiger partial charge in [-0.05, 0) is 41.7 Å². The number of halogens is 2. The summed E-state index contributed by atoms with van der Waals surface area (Å²) in [5, 5.41) is 1.94. The van der Waals surface area contributed by atoms with Crippen molar-refractivity contribution in [3.05, 3.63) is 74.8 Å². The quantitative estimate of drug-likeness (QED) is 0.647. The van der Waals surface area contributed by atoms with E-state index >= 15 is 0 Å². The van der Waals surface area contributed by atoms with Crippen LogP contribution in [0.5, 0.6) is 0 Å². The molecule has 130 valence electrons. The second-order valence-corrected chi connectivity index (χ2v) is 8.33. The Labute approximate surface area is 165 Å². The van der Waals surface area contributed by atoms with Crippen LogP contribution in [-0.4, -0.2) is 21.7 Å². The third kappa shape index (κ3) is 2.43. The van der Waals surface area contributed by atoms with Crippen molar-refractivity contribution >= 4 is 51.7 Å². The maximum Gasteiger partial charge on any atom is 0.239 e. The highest BCUT2D eigenvalue weighted by Gasteiger charge is 2.43. The Morgan fingerprint density at radius 2 is 1.96 bits per heavy atom. The number of nitrogens with zero attached hydrogens (tertiary/aromatic N) is 2. The van der Waals surface area contributed by atoms with E-state index in [-0.39, 0.29) is 11.9 Å². The summed E-state index contributed by atoms with van der Waals surface area (Å²) in [4.78, 5) is 19.3. The topological polar surface area (TPSA) is 32.7 Å². The van der Waals surface area contributed by atoms with Crippen LogP contribution in [0.25, 0.3) is 5.70 Å². The highest BCUT2D eigenvalue weighted by molar-refractivity contribution is 8.15. The van der Waals surface area contributed by atoms with Crippen molar-refractivity contribution in [1.29, 1.82) is 0 Å². The third-order valence-electron chi connectivity index (χ3n) is 5.09. The first-order chi connectivity index (χ1) is 12.6. The molecule has 3 aliphatic rings. The zero-order valence-corrected chi connectivity index (χ0v) is 16.0. The van der Waals surface area contributed by atoms with Gasteiger partial charge in [0, 0.05) is 15.6 Å². The first kappa shape index (κ1) is 16.4. The lowest BCUT2D eigenvalue weighted by Gasteiger charge is -2.37. The fraction of sp³-hybridized carbons (Fsp3) is 0.200. The maximum absolute atomic E-state index is 12.6. The first-order valence-corrected chi connectivity index (χ1v) is 10.2. The second-order valence-electron chi connectivity index (χ2n) is 6.55. The Kier molecular flexibility index (Phi) is 3.89. The van der Waals surface area contributed by atoms with Crippen LogP contribution in [0.4, 0.5) is 0 Å². The molecule has 2 aromatic rings. The van der Waals surface area contributed by atoms with Gasteiger partial charge in [0.2, 0.25) is 5.91 Å². The normalized spacial score (nSPS) is 21.3. The van der Waals surface area contributed by atoms with E-state index < -0.39 is 0 Å². The van der Waals surface area contributed by atoms with Crippen LogP contribution in [0.1, 0.15) is 29.2 Å². The van der Waals surface area contributed by atoms with Gasteiger partial charge in [0.05, 0.1) is 17.5 Å². The minimum absolute atomic E-state index is 0.0789. The average molecular weight is 401 g/mol. The summed E-state index contributed by atoms with van der Waals surface area (Å²) in [6.07, 6.45) is 1.80. The zero-order valence-electron chi connectivity index (χ0n) is 13.7. The van der Waals surface area contributed by atoms with Crippen LogP contribution in [0.15, 0.2) is 53.0 Å². The van der Waals surface area contributed by atoms with E-state index in [1.807, 2.05) is 23.1 Å². The highest BCUT2D eigenvalue weighted by atomic mass is 35.5. The van der Waals surface area contributed by atoms with Gasteiger partial charge in [-0.15, -0.1) is 0 Å². The molecule has 1 amide bonds. The van der Waals surface area contributed by atoms with E-state index in [0.717, 1.165) is 40.4 Å². The fourth-order valence-corrected chi connectivity index (χ4v) is 5.35. The number of hydrogen-bond donors (Lipinski definition) is 0. The first-order valence-electron chi connectivity index (χ1n) is 8.43. The number of amidine groups is 1. The van der Waals surface area contributed by atoms with Crippen LogP contribution in [0.2, 0.25) is 10.0 Å². The molecule has 1 fully saturated rings. The molecule has 1 unspecified atom stereocenters. The van der Waals surface area contributed by atoms with Crippen LogP contribution in [0.3, 0.4) is 0 Å². The number of carbonyl (C=O) groups is 1. The number of rotatable bonds is 1. The summed E-state index contributed by atoms with van der Waals surface area (Å²) in [6, 6.07) is 13.7. The number of carbonyl (C=O) groups excluding carboxylic acids is 1. The van der Waals surface area contributed by atoms with E-state index in [0.29, 0.717) is 15.8 Å². The molecule has 2 aliphatic heterocycles. The summed E-state index contributed by atoms with van der Waals surface area (Å²) in [6.45, 7) is 0. The summed E-state index contributed by atoms with van der Waals surface area (Å²) in [7, 11) is 0. The average Bonchev–Trinajstić information content (AvgIpc) is 3.01. The Hall–Kier alpha value is -1.75. The van der Waals surface area contributed by atoms with Crippen LogP contribution in [0, 0.1) is 0 Å². The number of fused-ring (bicyclic) bond motifs is 3. The molecule has 2 heterocycles. The monoisotopic (exact) mass is 400 g/mol. The van der Waals surface area contributed by atoms with Crippen LogP contribution in [-0.2, 0) is 11.2 Å². The van der Waals surface area contributed by atoms with Gasteiger partial charge in [-0.25, -0.2) is 4.99 Å². The Morgan fingerprint density at radius 3 is 2.81 bits per heavy atom. The van der Waals surface area contributed by atoms with E-state index in [1.54, 1.807) is 6.07 Å². The van der Waals surface area contributed by atoms with E-state index in [2.05, 4.69) is 18.2 Å². The van der Waals surface area contributed by atoms with Gasteiger partial charge in [0.15, 0.2) is 5.17 Å². The lowest BCUT2D eigenvalue weighted by molar-refractivity contribution is -0.125. The molecule has 1 saturated heterocycles. The van der Waals surface area contributed by atoms with Gasteiger partial charge >= 0.3 is 0 Å². The molecular formula is C20H14Cl2N2OS. The predicted molar refractivity (Wildman–Crippen MR) is 108 cm³/mol. The van der Waals surface area contributed by atoms with Crippen molar-refractivity contribution < 1.29 is 4.79 Å². The molecule has 3 nitrogen and oxygen atoms in total. The molecule has 0 bridgehead atoms. The van der Waals surface area contributed by atoms with Gasteiger partial charge in [-0.3, -0.25) is 9.69 Å². The summed E-state index contributed by atoms with van der Waals surface area (Å²) in [5.74, 6) is 0.498. The molecule has 0 saturated carbocycles. The lowest BCUT2D eigenvalue weighted by Crippen LogP contribution is -2.38. The van der Waals surface area contributed by atoms with Gasteiger partial charge in [0.25, 0.3) is 0 Å². The molecule has 0 N–H and O–H groups in total. The highest BCUT2D eigenvalue weighted by Crippen LogP contribution is 2.48. The predicted octanol–water partition coefficient (Wildman–Crippen LogP) is 5.34. The third-order valence-corrected chi connectivity index (χ3v) is 6.59. The van der Waals surface area contributed by atoms with Crippen molar-refractivity contribution in [1.82, 2.24) is 4.90 Å². The van der Waals surface area contributed by atoms with Crippen molar-refractivity contribution in [3.63, 3.8) is 0 Å². The zero-order chi connectivity index (χ0) is 17.8. The molecule has 5 rings (SSSR count). The standard InChI is InChI=1S/C20H14Cl2N2OS/c21-12-6-8-14(16(22)9-12)19-15-7-5-11-3-1-2-4-13(11)18(15)23-20-24(19)17(25)10-26-20/h1-4,6,8-9,19H,5,7,10H2. The summed E-state index contributed by atoms with van der Waals surface area (Å²) in [5.41, 5.74) is 5.53. The van der Waals surface area contributed by atoms with E-state index in [9.17, 15) is 4.79 Å². The number of benzene rings is 2. The molecule has 2 aromatic carbocycles. The smallest absolute Gasteiger partial charge is 0.239 e. The van der Waals surface area contributed by atoms with Gasteiger partial charge in [0.1, 0.15) is 0 Å². The van der Waals surface area contributed by atoms with Crippen molar-refractivity contribution in [2.75, 3.05) is 5.75 Å². The Bertz CT molecular complexity index is 1010.